The largest absolute Gasteiger partial charge is 0.472 e. The molecule has 0 fully saturated rings. The number of carbonyl (C=O) groups excluding carboxylic acids is 4. The minimum atomic E-state index is -4.96. The molecule has 103 heavy (non-hydrogen) atoms. The molecule has 0 aromatic heterocycles. The first-order valence-corrected chi connectivity index (χ1v) is 46.5. The standard InChI is InChI=1S/C84H164O17P2/c1-7-10-12-14-16-18-19-20-21-22-23-24-25-26-31-34-37-40-43-50-56-62-68-83(88)100-80(73-95-82(87)67-61-55-49-42-39-36-33-30-28-27-29-32-35-38-41-46-52-58-64-76(4)5)75-99-103(92,93)97-71-78(85)70-96-102(90,91)98-74-79(72-94-81(86)66-60-54-48-17-15-13-11-8-2)101-84(89)69-63-57-51-45-44-47-53-59-65-77(6)9-3/h76-80,85H,7-75H2,1-6H3,(H,90,91)(H,92,93)/t77?,78-,79+,80+/m0/s1. The van der Waals surface area contributed by atoms with Crippen LogP contribution in [0.4, 0.5) is 0 Å². The molecule has 0 amide bonds. The molecule has 0 saturated heterocycles. The summed E-state index contributed by atoms with van der Waals surface area (Å²) in [6, 6.07) is 0. The summed E-state index contributed by atoms with van der Waals surface area (Å²) in [6.45, 7) is 9.65. The zero-order valence-electron chi connectivity index (χ0n) is 67.6. The summed E-state index contributed by atoms with van der Waals surface area (Å²) >= 11 is 0. The summed E-state index contributed by atoms with van der Waals surface area (Å²) in [5, 5.41) is 10.6. The van der Waals surface area contributed by atoms with Crippen molar-refractivity contribution < 1.29 is 80.2 Å². The van der Waals surface area contributed by atoms with Crippen LogP contribution < -0.4 is 0 Å². The number of phosphoric ester groups is 2. The van der Waals surface area contributed by atoms with Crippen molar-refractivity contribution >= 4 is 39.5 Å². The number of carbonyl (C=O) groups is 4. The van der Waals surface area contributed by atoms with E-state index in [-0.39, 0.29) is 25.7 Å². The van der Waals surface area contributed by atoms with Crippen LogP contribution in [0, 0.1) is 11.8 Å². The summed E-state index contributed by atoms with van der Waals surface area (Å²) in [7, 11) is -9.92. The Morgan fingerprint density at radius 1 is 0.282 bits per heavy atom. The average molecular weight is 1510 g/mol. The fraction of sp³-hybridized carbons (Fsp3) is 0.952. The Balaban J connectivity index is 5.16. The van der Waals surface area contributed by atoms with Crippen molar-refractivity contribution in [2.24, 2.45) is 11.8 Å². The van der Waals surface area contributed by atoms with Crippen molar-refractivity contribution in [2.75, 3.05) is 39.6 Å². The molecule has 3 unspecified atom stereocenters. The zero-order chi connectivity index (χ0) is 75.6. The van der Waals surface area contributed by atoms with Gasteiger partial charge in [0.2, 0.25) is 0 Å². The number of phosphoric acid groups is 2. The van der Waals surface area contributed by atoms with Crippen molar-refractivity contribution in [1.82, 2.24) is 0 Å². The molecule has 0 saturated carbocycles. The third-order valence-electron chi connectivity index (χ3n) is 20.1. The Morgan fingerprint density at radius 2 is 0.495 bits per heavy atom. The molecule has 0 spiro atoms. The van der Waals surface area contributed by atoms with Gasteiger partial charge >= 0.3 is 39.5 Å². The summed E-state index contributed by atoms with van der Waals surface area (Å²) in [6.07, 6.45) is 66.9. The van der Waals surface area contributed by atoms with Gasteiger partial charge in [-0.3, -0.25) is 37.3 Å². The van der Waals surface area contributed by atoms with E-state index in [1.165, 1.54) is 257 Å². The summed E-state index contributed by atoms with van der Waals surface area (Å²) < 4.78 is 68.7. The van der Waals surface area contributed by atoms with E-state index >= 15 is 0 Å². The Kier molecular flexibility index (Phi) is 74.1. The highest BCUT2D eigenvalue weighted by Crippen LogP contribution is 2.45. The lowest BCUT2D eigenvalue weighted by Crippen LogP contribution is -2.30. The van der Waals surface area contributed by atoms with Gasteiger partial charge in [-0.1, -0.05) is 395 Å². The first-order valence-electron chi connectivity index (χ1n) is 43.5. The lowest BCUT2D eigenvalue weighted by molar-refractivity contribution is -0.161. The summed E-state index contributed by atoms with van der Waals surface area (Å²) in [5.74, 6) is -0.518. The molecule has 612 valence electrons. The van der Waals surface area contributed by atoms with Gasteiger partial charge < -0.3 is 33.8 Å². The van der Waals surface area contributed by atoms with Gasteiger partial charge in [-0.25, -0.2) is 9.13 Å². The maximum absolute atomic E-state index is 13.1. The van der Waals surface area contributed by atoms with E-state index in [0.717, 1.165) is 108 Å². The van der Waals surface area contributed by atoms with Crippen molar-refractivity contribution in [3.63, 3.8) is 0 Å². The predicted octanol–water partition coefficient (Wildman–Crippen LogP) is 25.5. The normalized spacial score (nSPS) is 14.1. The van der Waals surface area contributed by atoms with Gasteiger partial charge in [0.05, 0.1) is 26.4 Å². The minimum absolute atomic E-state index is 0.105. The van der Waals surface area contributed by atoms with Crippen molar-refractivity contribution in [3.8, 4) is 0 Å². The van der Waals surface area contributed by atoms with Gasteiger partial charge in [0.1, 0.15) is 19.3 Å². The first-order chi connectivity index (χ1) is 49.9. The zero-order valence-corrected chi connectivity index (χ0v) is 69.4. The maximum atomic E-state index is 13.1. The predicted molar refractivity (Wildman–Crippen MR) is 423 cm³/mol. The van der Waals surface area contributed by atoms with E-state index in [1.54, 1.807) is 0 Å². The van der Waals surface area contributed by atoms with E-state index in [9.17, 15) is 43.2 Å². The summed E-state index contributed by atoms with van der Waals surface area (Å²) in [5.41, 5.74) is 0. The molecule has 0 aromatic carbocycles. The molecule has 0 rings (SSSR count). The van der Waals surface area contributed by atoms with Gasteiger partial charge in [-0.05, 0) is 37.5 Å². The monoisotopic (exact) mass is 1510 g/mol. The smallest absolute Gasteiger partial charge is 0.462 e. The third-order valence-corrected chi connectivity index (χ3v) is 22.0. The van der Waals surface area contributed by atoms with E-state index in [0.29, 0.717) is 25.7 Å². The first kappa shape index (κ1) is 101. The molecular formula is C84H164O17P2. The van der Waals surface area contributed by atoms with E-state index in [2.05, 4.69) is 41.5 Å². The van der Waals surface area contributed by atoms with E-state index < -0.39 is 97.5 Å². The maximum Gasteiger partial charge on any atom is 0.472 e. The molecule has 0 aliphatic rings. The minimum Gasteiger partial charge on any atom is -0.462 e. The molecule has 19 heteroatoms. The Bertz CT molecular complexity index is 1980. The molecule has 0 aromatic rings. The quantitative estimate of drug-likeness (QED) is 0.0222. The Labute approximate surface area is 632 Å². The van der Waals surface area contributed by atoms with Crippen molar-refractivity contribution in [2.45, 2.75) is 464 Å². The van der Waals surface area contributed by atoms with Crippen molar-refractivity contribution in [1.29, 1.82) is 0 Å². The molecule has 0 aliphatic carbocycles. The van der Waals surface area contributed by atoms with Gasteiger partial charge in [0.25, 0.3) is 0 Å². The lowest BCUT2D eigenvalue weighted by Gasteiger charge is -2.21. The second-order valence-electron chi connectivity index (χ2n) is 30.9. The molecule has 0 heterocycles. The van der Waals surface area contributed by atoms with Gasteiger partial charge in [0, 0.05) is 25.7 Å². The number of unbranched alkanes of at least 4 members (excludes halogenated alkanes) is 52. The molecule has 6 atom stereocenters. The van der Waals surface area contributed by atoms with Crippen LogP contribution in [0.2, 0.25) is 0 Å². The van der Waals surface area contributed by atoms with Crippen LogP contribution >= 0.6 is 15.6 Å². The molecule has 0 bridgehead atoms. The van der Waals surface area contributed by atoms with Crippen LogP contribution in [0.15, 0.2) is 0 Å². The number of ether oxygens (including phenoxy) is 4. The number of aliphatic hydroxyl groups is 1. The number of aliphatic hydroxyl groups excluding tert-OH is 1. The number of rotatable bonds is 83. The van der Waals surface area contributed by atoms with Crippen LogP contribution in [-0.2, 0) is 65.4 Å². The molecule has 0 radical (unpaired) electrons. The Morgan fingerprint density at radius 3 is 0.738 bits per heavy atom. The topological polar surface area (TPSA) is 237 Å². The second-order valence-corrected chi connectivity index (χ2v) is 33.8. The number of esters is 4. The van der Waals surface area contributed by atoms with Gasteiger partial charge in [-0.15, -0.1) is 0 Å². The molecular weight excluding hydrogens is 1340 g/mol. The Hall–Kier alpha value is -1.94. The van der Waals surface area contributed by atoms with Crippen LogP contribution in [0.5, 0.6) is 0 Å². The molecule has 0 aliphatic heterocycles. The average Bonchev–Trinajstić information content (AvgIpc) is 1.07. The van der Waals surface area contributed by atoms with E-state index in [4.69, 9.17) is 37.0 Å². The fourth-order valence-electron chi connectivity index (χ4n) is 13.0. The van der Waals surface area contributed by atoms with Crippen LogP contribution in [0.1, 0.15) is 446 Å². The highest BCUT2D eigenvalue weighted by Gasteiger charge is 2.30. The van der Waals surface area contributed by atoms with Gasteiger partial charge in [-0.2, -0.15) is 0 Å². The van der Waals surface area contributed by atoms with Gasteiger partial charge in [0.15, 0.2) is 12.2 Å². The van der Waals surface area contributed by atoms with E-state index in [1.807, 2.05) is 0 Å². The number of hydrogen-bond acceptors (Lipinski definition) is 15. The van der Waals surface area contributed by atoms with Crippen molar-refractivity contribution in [3.05, 3.63) is 0 Å². The molecule has 17 nitrogen and oxygen atoms in total. The highest BCUT2D eigenvalue weighted by molar-refractivity contribution is 7.47. The lowest BCUT2D eigenvalue weighted by atomic mass is 9.99. The van der Waals surface area contributed by atoms with Crippen LogP contribution in [-0.4, -0.2) is 96.7 Å². The SMILES string of the molecule is CCCCCCCCCCCCCCCCCCCCCCCCC(=O)O[C@H](COC(=O)CCCCCCCCCCCCCCCCCCCCC(C)C)COP(=O)(O)OC[C@@H](O)COP(=O)(O)OC[C@@H](COC(=O)CCCCCCCCCC)OC(=O)CCCCCCCCCCC(C)CC. The summed E-state index contributed by atoms with van der Waals surface area (Å²) in [4.78, 5) is 73.0. The van der Waals surface area contributed by atoms with Crippen LogP contribution in [0.3, 0.4) is 0 Å². The third kappa shape index (κ3) is 76.6. The highest BCUT2D eigenvalue weighted by atomic mass is 31.2. The van der Waals surface area contributed by atoms with Crippen LogP contribution in [0.25, 0.3) is 0 Å². The number of hydrogen-bond donors (Lipinski definition) is 3. The molecule has 3 N–H and O–H groups in total. The second kappa shape index (κ2) is 75.5. The fourth-order valence-corrected chi connectivity index (χ4v) is 14.6.